The Morgan fingerprint density at radius 1 is 1.07 bits per heavy atom. The Labute approximate surface area is 179 Å². The topological polar surface area (TPSA) is 52.6 Å². The number of allylic oxidation sites excluding steroid dienone is 1. The maximum absolute atomic E-state index is 12.6. The van der Waals surface area contributed by atoms with Gasteiger partial charge < -0.3 is 9.47 Å². The van der Waals surface area contributed by atoms with Crippen LogP contribution >= 0.6 is 11.3 Å². The van der Waals surface area contributed by atoms with Crippen molar-refractivity contribution in [2.45, 2.75) is 33.1 Å². The number of fused-ring (bicyclic) bond motifs is 1. The Morgan fingerprint density at radius 2 is 1.80 bits per heavy atom. The predicted molar refractivity (Wildman–Crippen MR) is 119 cm³/mol. The molecule has 0 atom stereocenters. The summed E-state index contributed by atoms with van der Waals surface area (Å²) in [5.74, 6) is 0.379. The number of rotatable bonds is 3. The summed E-state index contributed by atoms with van der Waals surface area (Å²) in [5, 5.41) is 1.97. The number of esters is 1. The molecule has 0 saturated heterocycles. The van der Waals surface area contributed by atoms with Crippen molar-refractivity contribution in [2.75, 3.05) is 0 Å². The second kappa shape index (κ2) is 7.58. The highest BCUT2D eigenvalue weighted by atomic mass is 32.1. The van der Waals surface area contributed by atoms with Gasteiger partial charge in [-0.25, -0.2) is 4.79 Å². The van der Waals surface area contributed by atoms with Gasteiger partial charge in [-0.1, -0.05) is 32.9 Å². The van der Waals surface area contributed by atoms with Crippen LogP contribution in [0, 0.1) is 6.92 Å². The van der Waals surface area contributed by atoms with Gasteiger partial charge in [0.25, 0.3) is 0 Å². The smallest absolute Gasteiger partial charge is 0.343 e. The van der Waals surface area contributed by atoms with Gasteiger partial charge >= 0.3 is 5.97 Å². The van der Waals surface area contributed by atoms with E-state index in [0.29, 0.717) is 22.6 Å². The van der Waals surface area contributed by atoms with Crippen molar-refractivity contribution in [2.24, 2.45) is 0 Å². The van der Waals surface area contributed by atoms with E-state index in [-0.39, 0.29) is 17.0 Å². The van der Waals surface area contributed by atoms with Gasteiger partial charge in [-0.05, 0) is 59.2 Å². The largest absolute Gasteiger partial charge is 0.452 e. The molecular weight excluding hydrogens is 396 g/mol. The van der Waals surface area contributed by atoms with Crippen molar-refractivity contribution in [1.82, 2.24) is 0 Å². The monoisotopic (exact) mass is 418 g/mol. The number of hydrogen-bond donors (Lipinski definition) is 0. The van der Waals surface area contributed by atoms with Crippen molar-refractivity contribution in [3.8, 4) is 11.5 Å². The minimum absolute atomic E-state index is 0.0131. The van der Waals surface area contributed by atoms with E-state index in [9.17, 15) is 9.59 Å². The Kier molecular flexibility index (Phi) is 5.08. The summed E-state index contributed by atoms with van der Waals surface area (Å²) in [7, 11) is 0. The SMILES string of the molecule is Cc1ccsc1/C=C1/Oc2cc(OC(=O)c3ccc(C(C)(C)C)cc3)ccc2C1=O. The van der Waals surface area contributed by atoms with Gasteiger partial charge in [0.15, 0.2) is 5.76 Å². The van der Waals surface area contributed by atoms with E-state index in [2.05, 4.69) is 20.8 Å². The summed E-state index contributed by atoms with van der Waals surface area (Å²) in [4.78, 5) is 26.1. The molecular formula is C25H22O4S. The van der Waals surface area contributed by atoms with Gasteiger partial charge in [-0.2, -0.15) is 0 Å². The number of carbonyl (C=O) groups excluding carboxylic acids is 2. The lowest BCUT2D eigenvalue weighted by atomic mass is 9.87. The average Bonchev–Trinajstić information content (AvgIpc) is 3.24. The van der Waals surface area contributed by atoms with Gasteiger partial charge in [-0.3, -0.25) is 4.79 Å². The number of benzene rings is 2. The normalized spacial score (nSPS) is 14.5. The van der Waals surface area contributed by atoms with Gasteiger partial charge in [0.05, 0.1) is 11.1 Å². The number of ether oxygens (including phenoxy) is 2. The summed E-state index contributed by atoms with van der Waals surface area (Å²) in [6, 6.07) is 14.2. The fraction of sp³-hybridized carbons (Fsp3) is 0.200. The molecule has 0 aliphatic carbocycles. The van der Waals surface area contributed by atoms with Crippen LogP contribution in [0.4, 0.5) is 0 Å². The minimum Gasteiger partial charge on any atom is -0.452 e. The van der Waals surface area contributed by atoms with Crippen LogP contribution in [0.15, 0.2) is 59.7 Å². The predicted octanol–water partition coefficient (Wildman–Crippen LogP) is 6.19. The van der Waals surface area contributed by atoms with Crippen LogP contribution in [0.2, 0.25) is 0 Å². The van der Waals surface area contributed by atoms with E-state index in [1.807, 2.05) is 30.5 Å². The molecule has 2 heterocycles. The lowest BCUT2D eigenvalue weighted by Crippen LogP contribution is -2.12. The highest BCUT2D eigenvalue weighted by molar-refractivity contribution is 7.11. The fourth-order valence-corrected chi connectivity index (χ4v) is 4.00. The lowest BCUT2D eigenvalue weighted by Gasteiger charge is -2.18. The van der Waals surface area contributed by atoms with E-state index in [1.165, 1.54) is 0 Å². The quantitative estimate of drug-likeness (QED) is 0.289. The van der Waals surface area contributed by atoms with Crippen molar-refractivity contribution in [1.29, 1.82) is 0 Å². The van der Waals surface area contributed by atoms with Gasteiger partial charge in [0.1, 0.15) is 11.5 Å². The van der Waals surface area contributed by atoms with E-state index >= 15 is 0 Å². The average molecular weight is 419 g/mol. The first kappa shape index (κ1) is 20.1. The molecule has 0 N–H and O–H groups in total. The number of hydrogen-bond acceptors (Lipinski definition) is 5. The molecule has 1 aliphatic heterocycles. The summed E-state index contributed by atoms with van der Waals surface area (Å²) < 4.78 is 11.3. The van der Waals surface area contributed by atoms with E-state index in [1.54, 1.807) is 47.7 Å². The van der Waals surface area contributed by atoms with Crippen LogP contribution in [0.5, 0.6) is 11.5 Å². The zero-order valence-corrected chi connectivity index (χ0v) is 18.1. The highest BCUT2D eigenvalue weighted by Gasteiger charge is 2.28. The van der Waals surface area contributed by atoms with Gasteiger partial charge in [0.2, 0.25) is 5.78 Å². The number of thiophene rings is 1. The molecule has 1 aliphatic rings. The third kappa shape index (κ3) is 3.94. The molecule has 0 saturated carbocycles. The summed E-state index contributed by atoms with van der Waals surface area (Å²) in [6.45, 7) is 8.35. The second-order valence-corrected chi connectivity index (χ2v) is 9.23. The molecule has 2 aromatic carbocycles. The lowest BCUT2D eigenvalue weighted by molar-refractivity contribution is 0.0734. The first-order valence-corrected chi connectivity index (χ1v) is 10.6. The summed E-state index contributed by atoms with van der Waals surface area (Å²) in [6.07, 6.45) is 1.75. The number of ketones is 1. The van der Waals surface area contributed by atoms with Gasteiger partial charge in [0, 0.05) is 17.0 Å². The third-order valence-electron chi connectivity index (χ3n) is 5.00. The van der Waals surface area contributed by atoms with Crippen molar-refractivity contribution < 1.29 is 19.1 Å². The molecule has 0 radical (unpaired) electrons. The highest BCUT2D eigenvalue weighted by Crippen LogP contribution is 2.36. The van der Waals surface area contributed by atoms with Crippen molar-refractivity contribution in [3.63, 3.8) is 0 Å². The van der Waals surface area contributed by atoms with Crippen LogP contribution in [-0.2, 0) is 5.41 Å². The number of carbonyl (C=O) groups is 2. The molecule has 0 spiro atoms. The molecule has 0 fully saturated rings. The minimum atomic E-state index is -0.454. The zero-order valence-electron chi connectivity index (χ0n) is 17.3. The van der Waals surface area contributed by atoms with E-state index in [4.69, 9.17) is 9.47 Å². The fourth-order valence-electron chi connectivity index (χ4n) is 3.15. The second-order valence-electron chi connectivity index (χ2n) is 8.28. The van der Waals surface area contributed by atoms with E-state index < -0.39 is 5.97 Å². The van der Waals surface area contributed by atoms with Crippen LogP contribution in [-0.4, -0.2) is 11.8 Å². The molecule has 3 aromatic rings. The molecule has 30 heavy (non-hydrogen) atoms. The molecule has 0 amide bonds. The Balaban J connectivity index is 1.52. The maximum Gasteiger partial charge on any atom is 0.343 e. The van der Waals surface area contributed by atoms with Crippen LogP contribution in [0.3, 0.4) is 0 Å². The Bertz CT molecular complexity index is 1160. The molecule has 0 unspecified atom stereocenters. The van der Waals surface area contributed by atoms with Crippen LogP contribution in [0.1, 0.15) is 57.5 Å². The molecule has 5 heteroatoms. The van der Waals surface area contributed by atoms with Crippen molar-refractivity contribution in [3.05, 3.63) is 86.8 Å². The van der Waals surface area contributed by atoms with E-state index in [0.717, 1.165) is 16.0 Å². The zero-order chi connectivity index (χ0) is 21.5. The molecule has 0 bridgehead atoms. The number of aryl methyl sites for hydroxylation is 1. The molecule has 152 valence electrons. The van der Waals surface area contributed by atoms with Gasteiger partial charge in [-0.15, -0.1) is 11.3 Å². The third-order valence-corrected chi connectivity index (χ3v) is 5.97. The molecule has 4 rings (SSSR count). The first-order valence-electron chi connectivity index (χ1n) is 9.67. The standard InChI is InChI=1S/C25H22O4S/c1-15-11-12-30-22(15)14-21-23(26)19-10-9-18(13-20(19)29-21)28-24(27)16-5-7-17(8-6-16)25(2,3)4/h5-14H,1-4H3/b21-14+. The molecule has 4 nitrogen and oxygen atoms in total. The maximum atomic E-state index is 12.6. The summed E-state index contributed by atoms with van der Waals surface area (Å²) in [5.41, 5.74) is 3.17. The van der Waals surface area contributed by atoms with Crippen LogP contribution < -0.4 is 9.47 Å². The first-order chi connectivity index (χ1) is 14.2. The Morgan fingerprint density at radius 3 is 2.43 bits per heavy atom. The summed E-state index contributed by atoms with van der Waals surface area (Å²) >= 11 is 1.55. The van der Waals surface area contributed by atoms with Crippen LogP contribution in [0.25, 0.3) is 6.08 Å². The number of Topliss-reactive ketones (excluding diaryl/α,β-unsaturated/α-hetero) is 1. The Hall–Kier alpha value is -3.18. The molecule has 1 aromatic heterocycles. The van der Waals surface area contributed by atoms with Crippen molar-refractivity contribution >= 4 is 29.2 Å².